The van der Waals surface area contributed by atoms with E-state index in [1.165, 1.54) is 13.8 Å². The van der Waals surface area contributed by atoms with Gasteiger partial charge in [0.25, 0.3) is 5.91 Å². The van der Waals surface area contributed by atoms with Crippen LogP contribution in [0.25, 0.3) is 10.8 Å². The number of benzene rings is 2. The fourth-order valence-electron chi connectivity index (χ4n) is 2.98. The molecular weight excluding hydrogens is 309 g/mol. The van der Waals surface area contributed by atoms with Crippen molar-refractivity contribution in [3.05, 3.63) is 35.9 Å². The zero-order valence-corrected chi connectivity index (χ0v) is 13.7. The lowest BCUT2D eigenvalue weighted by molar-refractivity contribution is -0.112. The Hall–Kier alpha value is -2.67. The number of rotatable bonds is 3. The minimum Gasteiger partial charge on any atom is -0.398 e. The van der Waals surface area contributed by atoms with Gasteiger partial charge in [0.15, 0.2) is 0 Å². The predicted octanol–water partition coefficient (Wildman–Crippen LogP) is 2.18. The summed E-state index contributed by atoms with van der Waals surface area (Å²) < 4.78 is 13.5. The summed E-state index contributed by atoms with van der Waals surface area (Å²) in [5.74, 6) is -0.355. The summed E-state index contributed by atoms with van der Waals surface area (Å²) in [6.45, 7) is 3.43. The summed E-state index contributed by atoms with van der Waals surface area (Å²) in [6, 6.07) is 9.64. The highest BCUT2D eigenvalue weighted by Gasteiger charge is 2.28. The molecule has 1 unspecified atom stereocenters. The molecule has 1 aliphatic rings. The molecule has 3 rings (SSSR count). The number of halogens is 1. The summed E-state index contributed by atoms with van der Waals surface area (Å²) in [4.78, 5) is 14.2. The van der Waals surface area contributed by atoms with Crippen LogP contribution in [0, 0.1) is 0 Å². The number of nitrogens with zero attached hydrogens (tertiary/aromatic N) is 3. The number of amides is 1. The van der Waals surface area contributed by atoms with E-state index in [1.807, 2.05) is 24.3 Å². The maximum atomic E-state index is 13.5. The summed E-state index contributed by atoms with van der Waals surface area (Å²) in [5.41, 5.74) is 14.0. The van der Waals surface area contributed by atoms with Crippen LogP contribution in [0.5, 0.6) is 0 Å². The summed E-state index contributed by atoms with van der Waals surface area (Å²) in [5, 5.41) is 5.71. The molecular formula is C17H20FN5O. The molecule has 0 saturated heterocycles. The molecule has 6 nitrogen and oxygen atoms in total. The maximum Gasteiger partial charge on any atom is 0.274 e. The topological polar surface area (TPSA) is 88.0 Å². The van der Waals surface area contributed by atoms with Gasteiger partial charge in [-0.2, -0.15) is 0 Å². The maximum absolute atomic E-state index is 13.5. The molecule has 0 radical (unpaired) electrons. The second-order valence-corrected chi connectivity index (χ2v) is 5.93. The minimum absolute atomic E-state index is 0.0365. The average Bonchev–Trinajstić information content (AvgIpc) is 2.98. The van der Waals surface area contributed by atoms with Gasteiger partial charge in [-0.25, -0.2) is 0 Å². The van der Waals surface area contributed by atoms with E-state index in [2.05, 4.69) is 5.10 Å². The van der Waals surface area contributed by atoms with Crippen molar-refractivity contribution in [2.75, 3.05) is 17.2 Å². The number of nitrogen functional groups attached to an aromatic ring is 1. The highest BCUT2D eigenvalue weighted by atomic mass is 19.2. The van der Waals surface area contributed by atoms with E-state index in [-0.39, 0.29) is 16.8 Å². The quantitative estimate of drug-likeness (QED) is 0.297. The summed E-state index contributed by atoms with van der Waals surface area (Å²) >= 11 is 0. The van der Waals surface area contributed by atoms with Crippen LogP contribution in [0.1, 0.15) is 19.4 Å². The zero-order valence-electron chi connectivity index (χ0n) is 13.7. The fourth-order valence-corrected chi connectivity index (χ4v) is 2.98. The third kappa shape index (κ3) is 2.67. The number of anilines is 2. The molecule has 7 heteroatoms. The van der Waals surface area contributed by atoms with Gasteiger partial charge in [-0.05, 0) is 37.3 Å². The van der Waals surface area contributed by atoms with Crippen molar-refractivity contribution < 1.29 is 9.28 Å². The lowest BCUT2D eigenvalue weighted by atomic mass is 10.0. The van der Waals surface area contributed by atoms with Gasteiger partial charge in [0.1, 0.15) is 11.9 Å². The molecule has 126 valence electrons. The van der Waals surface area contributed by atoms with Gasteiger partial charge in [0.2, 0.25) is 0 Å². The van der Waals surface area contributed by atoms with Crippen LogP contribution in [0.2, 0.25) is 0 Å². The summed E-state index contributed by atoms with van der Waals surface area (Å²) in [7, 11) is 0. The van der Waals surface area contributed by atoms with Crippen molar-refractivity contribution in [1.82, 2.24) is 5.23 Å². The van der Waals surface area contributed by atoms with Crippen molar-refractivity contribution in [3.63, 3.8) is 0 Å². The highest BCUT2D eigenvalue weighted by molar-refractivity contribution is 6.43. The molecule has 0 bridgehead atoms. The molecule has 1 amide bonds. The average molecular weight is 329 g/mol. The van der Waals surface area contributed by atoms with Crippen LogP contribution in [-0.4, -0.2) is 29.6 Å². The number of carbonyl (C=O) groups is 1. The van der Waals surface area contributed by atoms with Crippen molar-refractivity contribution in [3.8, 4) is 0 Å². The molecule has 2 aromatic rings. The SMILES string of the molecule is C/C(=N\N(F)C(C)N)C(=O)N1CCc2c1cc(N)c1ccccc21. The van der Waals surface area contributed by atoms with Crippen molar-refractivity contribution >= 4 is 33.8 Å². The molecule has 0 aromatic heterocycles. The van der Waals surface area contributed by atoms with E-state index < -0.39 is 6.17 Å². The molecule has 0 fully saturated rings. The number of carbonyl (C=O) groups excluding carboxylic acids is 1. The first-order valence-corrected chi connectivity index (χ1v) is 7.78. The Morgan fingerprint density at radius 1 is 1.38 bits per heavy atom. The number of nitrogens with two attached hydrogens (primary N) is 2. The lowest BCUT2D eigenvalue weighted by Gasteiger charge is -2.19. The van der Waals surface area contributed by atoms with E-state index in [4.69, 9.17) is 11.5 Å². The van der Waals surface area contributed by atoms with Gasteiger partial charge in [-0.15, -0.1) is 10.3 Å². The monoisotopic (exact) mass is 329 g/mol. The molecule has 1 aliphatic heterocycles. The van der Waals surface area contributed by atoms with Gasteiger partial charge < -0.3 is 16.4 Å². The first kappa shape index (κ1) is 16.2. The molecule has 1 heterocycles. The number of hydrogen-bond acceptors (Lipinski definition) is 5. The second-order valence-electron chi connectivity index (χ2n) is 5.93. The Kier molecular flexibility index (Phi) is 4.11. The van der Waals surface area contributed by atoms with Crippen LogP contribution in [0.3, 0.4) is 0 Å². The fraction of sp³-hybridized carbons (Fsp3) is 0.294. The third-order valence-electron chi connectivity index (χ3n) is 4.18. The van der Waals surface area contributed by atoms with Crippen molar-refractivity contribution in [1.29, 1.82) is 0 Å². The Morgan fingerprint density at radius 2 is 2.04 bits per heavy atom. The molecule has 4 N–H and O–H groups in total. The highest BCUT2D eigenvalue weighted by Crippen LogP contribution is 2.37. The first-order valence-electron chi connectivity index (χ1n) is 7.78. The third-order valence-corrected chi connectivity index (χ3v) is 4.18. The van der Waals surface area contributed by atoms with E-state index in [9.17, 15) is 9.28 Å². The van der Waals surface area contributed by atoms with Crippen LogP contribution in [-0.2, 0) is 11.2 Å². The van der Waals surface area contributed by atoms with Gasteiger partial charge in [0, 0.05) is 23.3 Å². The van der Waals surface area contributed by atoms with E-state index in [1.54, 1.807) is 11.0 Å². The molecule has 1 atom stereocenters. The summed E-state index contributed by atoms with van der Waals surface area (Å²) in [6.07, 6.45) is -0.194. The van der Waals surface area contributed by atoms with Crippen LogP contribution < -0.4 is 16.4 Å². The van der Waals surface area contributed by atoms with Gasteiger partial charge in [-0.1, -0.05) is 28.7 Å². The predicted molar refractivity (Wildman–Crippen MR) is 94.1 cm³/mol. The molecule has 2 aromatic carbocycles. The van der Waals surface area contributed by atoms with Crippen molar-refractivity contribution in [2.24, 2.45) is 10.8 Å². The number of hydrazone groups is 1. The standard InChI is InChI=1S/C17H20FN5O/c1-10(21-23(18)11(2)19)17(24)22-8-7-14-12-5-3-4-6-13(12)15(20)9-16(14)22/h3-6,9,11H,7-8,19-20H2,1-2H3/b21-10+. The van der Waals surface area contributed by atoms with E-state index >= 15 is 0 Å². The van der Waals surface area contributed by atoms with Gasteiger partial charge >= 0.3 is 0 Å². The first-order chi connectivity index (χ1) is 11.4. The molecule has 0 saturated carbocycles. The smallest absolute Gasteiger partial charge is 0.274 e. The van der Waals surface area contributed by atoms with Gasteiger partial charge in [0.05, 0.1) is 0 Å². The Morgan fingerprint density at radius 3 is 2.71 bits per heavy atom. The van der Waals surface area contributed by atoms with E-state index in [0.717, 1.165) is 28.4 Å². The number of fused-ring (bicyclic) bond motifs is 3. The largest absolute Gasteiger partial charge is 0.398 e. The zero-order chi connectivity index (χ0) is 17.4. The second kappa shape index (κ2) is 6.09. The Labute approximate surface area is 139 Å². The van der Waals surface area contributed by atoms with Gasteiger partial charge in [-0.3, -0.25) is 4.79 Å². The van der Waals surface area contributed by atoms with E-state index in [0.29, 0.717) is 12.2 Å². The van der Waals surface area contributed by atoms with Crippen LogP contribution in [0.15, 0.2) is 35.4 Å². The molecule has 24 heavy (non-hydrogen) atoms. The van der Waals surface area contributed by atoms with Crippen LogP contribution in [0.4, 0.5) is 15.9 Å². The Balaban J connectivity index is 1.99. The molecule has 0 spiro atoms. The Bertz CT molecular complexity index is 833. The van der Waals surface area contributed by atoms with Crippen molar-refractivity contribution in [2.45, 2.75) is 26.4 Å². The number of hydrogen-bond donors (Lipinski definition) is 2. The normalized spacial score (nSPS) is 15.5. The minimum atomic E-state index is -0.918. The van der Waals surface area contributed by atoms with Crippen LogP contribution >= 0.6 is 0 Å². The molecule has 0 aliphatic carbocycles. The lowest BCUT2D eigenvalue weighted by Crippen LogP contribution is -2.37.